The van der Waals surface area contributed by atoms with Crippen LogP contribution in [0.2, 0.25) is 0 Å². The molecule has 0 saturated carbocycles. The minimum atomic E-state index is -3.65. The highest BCUT2D eigenvalue weighted by molar-refractivity contribution is 7.89. The number of halogens is 1. The van der Waals surface area contributed by atoms with Crippen LogP contribution >= 0.6 is 0 Å². The standard InChI is InChI=1S/C15H16FN3O4S/c1-18(2)24(22,23)15-6-4-3-5-11(15)10-17-13-8-7-12(16)9-14(13)19(20)21/h3-9,17H,10H2,1-2H3. The Bertz CT molecular complexity index is 869. The molecule has 0 amide bonds. The molecule has 0 aliphatic carbocycles. The quantitative estimate of drug-likeness (QED) is 0.636. The van der Waals surface area contributed by atoms with Crippen LogP contribution in [0.3, 0.4) is 0 Å². The summed E-state index contributed by atoms with van der Waals surface area (Å²) in [5.41, 5.74) is 0.145. The monoisotopic (exact) mass is 353 g/mol. The fourth-order valence-corrected chi connectivity index (χ4v) is 3.21. The van der Waals surface area contributed by atoms with Gasteiger partial charge in [0.1, 0.15) is 11.5 Å². The van der Waals surface area contributed by atoms with Gasteiger partial charge in [0.2, 0.25) is 10.0 Å². The molecule has 0 aliphatic rings. The number of nitrogens with zero attached hydrogens (tertiary/aromatic N) is 2. The predicted molar refractivity (Wildman–Crippen MR) is 87.7 cm³/mol. The van der Waals surface area contributed by atoms with E-state index in [1.807, 2.05) is 0 Å². The molecular weight excluding hydrogens is 337 g/mol. The van der Waals surface area contributed by atoms with Gasteiger partial charge in [-0.05, 0) is 23.8 Å². The molecule has 0 unspecified atom stereocenters. The van der Waals surface area contributed by atoms with Crippen LogP contribution in [0.15, 0.2) is 47.4 Å². The van der Waals surface area contributed by atoms with E-state index >= 15 is 0 Å². The van der Waals surface area contributed by atoms with Crippen molar-refractivity contribution in [3.8, 4) is 0 Å². The normalized spacial score (nSPS) is 11.5. The van der Waals surface area contributed by atoms with E-state index < -0.39 is 26.5 Å². The summed E-state index contributed by atoms with van der Waals surface area (Å²) < 4.78 is 38.9. The van der Waals surface area contributed by atoms with E-state index in [-0.39, 0.29) is 17.1 Å². The first kappa shape index (κ1) is 17.8. The van der Waals surface area contributed by atoms with Crippen molar-refractivity contribution in [2.24, 2.45) is 0 Å². The largest absolute Gasteiger partial charge is 0.375 e. The number of anilines is 1. The molecule has 0 spiro atoms. The SMILES string of the molecule is CN(C)S(=O)(=O)c1ccccc1CNc1ccc(F)cc1[N+](=O)[O-]. The van der Waals surface area contributed by atoms with E-state index in [9.17, 15) is 22.9 Å². The van der Waals surface area contributed by atoms with E-state index in [1.54, 1.807) is 18.2 Å². The summed E-state index contributed by atoms with van der Waals surface area (Å²) in [5.74, 6) is -0.720. The molecule has 0 radical (unpaired) electrons. The number of nitro groups is 1. The number of hydrogen-bond donors (Lipinski definition) is 1. The van der Waals surface area contributed by atoms with Crippen molar-refractivity contribution >= 4 is 21.4 Å². The molecule has 0 atom stereocenters. The van der Waals surface area contributed by atoms with Crippen molar-refractivity contribution in [1.82, 2.24) is 4.31 Å². The lowest BCUT2D eigenvalue weighted by Gasteiger charge is -2.15. The summed E-state index contributed by atoms with van der Waals surface area (Å²) in [6.07, 6.45) is 0. The maximum atomic E-state index is 13.2. The zero-order valence-electron chi connectivity index (χ0n) is 13.1. The van der Waals surface area contributed by atoms with Crippen LogP contribution in [-0.2, 0) is 16.6 Å². The molecule has 0 saturated heterocycles. The summed E-state index contributed by atoms with van der Waals surface area (Å²) in [7, 11) is -0.804. The van der Waals surface area contributed by atoms with Gasteiger partial charge in [0.25, 0.3) is 5.69 Å². The zero-order valence-corrected chi connectivity index (χ0v) is 13.9. The number of rotatable bonds is 6. The second kappa shape index (κ2) is 6.93. The first-order valence-corrected chi connectivity index (χ1v) is 8.35. The van der Waals surface area contributed by atoms with Crippen LogP contribution in [0, 0.1) is 15.9 Å². The highest BCUT2D eigenvalue weighted by Gasteiger charge is 2.21. The minimum absolute atomic E-state index is 0.0374. The van der Waals surface area contributed by atoms with Crippen LogP contribution in [0.1, 0.15) is 5.56 Å². The average Bonchev–Trinajstić information content (AvgIpc) is 2.53. The highest BCUT2D eigenvalue weighted by Crippen LogP contribution is 2.26. The molecule has 2 aromatic carbocycles. The summed E-state index contributed by atoms with van der Waals surface area (Å²) in [6, 6.07) is 9.49. The molecule has 9 heteroatoms. The van der Waals surface area contributed by atoms with Crippen LogP contribution in [-0.4, -0.2) is 31.7 Å². The molecule has 24 heavy (non-hydrogen) atoms. The summed E-state index contributed by atoms with van der Waals surface area (Å²) in [5, 5.41) is 13.8. The van der Waals surface area contributed by atoms with Gasteiger partial charge < -0.3 is 5.32 Å². The smallest absolute Gasteiger partial charge is 0.295 e. The number of hydrogen-bond acceptors (Lipinski definition) is 5. The highest BCUT2D eigenvalue weighted by atomic mass is 32.2. The molecule has 2 aromatic rings. The van der Waals surface area contributed by atoms with Gasteiger partial charge in [0.05, 0.1) is 15.9 Å². The number of nitro benzene ring substituents is 1. The first-order chi connectivity index (χ1) is 11.2. The molecule has 0 bridgehead atoms. The van der Waals surface area contributed by atoms with Crippen molar-refractivity contribution in [3.05, 3.63) is 64.0 Å². The van der Waals surface area contributed by atoms with Crippen LogP contribution in [0.25, 0.3) is 0 Å². The van der Waals surface area contributed by atoms with E-state index in [1.165, 1.54) is 26.2 Å². The Balaban J connectivity index is 2.34. The topological polar surface area (TPSA) is 92.6 Å². The summed E-state index contributed by atoms with van der Waals surface area (Å²) in [6.45, 7) is 0.0374. The van der Waals surface area contributed by atoms with E-state index in [4.69, 9.17) is 0 Å². The van der Waals surface area contributed by atoms with Crippen molar-refractivity contribution in [2.45, 2.75) is 11.4 Å². The Kier molecular flexibility index (Phi) is 5.15. The van der Waals surface area contributed by atoms with Gasteiger partial charge in [-0.15, -0.1) is 0 Å². The predicted octanol–water partition coefficient (Wildman–Crippen LogP) is 2.60. The van der Waals surface area contributed by atoms with E-state index in [0.29, 0.717) is 5.56 Å². The van der Waals surface area contributed by atoms with Crippen molar-refractivity contribution < 1.29 is 17.7 Å². The number of benzene rings is 2. The van der Waals surface area contributed by atoms with E-state index in [2.05, 4.69) is 5.32 Å². The third-order valence-electron chi connectivity index (χ3n) is 3.36. The van der Waals surface area contributed by atoms with Gasteiger partial charge in [-0.2, -0.15) is 0 Å². The third kappa shape index (κ3) is 3.69. The van der Waals surface area contributed by atoms with E-state index in [0.717, 1.165) is 16.4 Å². The molecule has 0 aromatic heterocycles. The second-order valence-electron chi connectivity index (χ2n) is 5.17. The van der Waals surface area contributed by atoms with Crippen molar-refractivity contribution in [1.29, 1.82) is 0 Å². The van der Waals surface area contributed by atoms with Gasteiger partial charge in [-0.1, -0.05) is 18.2 Å². The molecule has 128 valence electrons. The third-order valence-corrected chi connectivity index (χ3v) is 5.27. The fourth-order valence-electron chi connectivity index (χ4n) is 2.09. The van der Waals surface area contributed by atoms with Gasteiger partial charge in [-0.3, -0.25) is 10.1 Å². The van der Waals surface area contributed by atoms with Crippen LogP contribution in [0.4, 0.5) is 15.8 Å². The minimum Gasteiger partial charge on any atom is -0.375 e. The molecule has 7 nitrogen and oxygen atoms in total. The van der Waals surface area contributed by atoms with Gasteiger partial charge >= 0.3 is 0 Å². The maximum Gasteiger partial charge on any atom is 0.295 e. The Hall–Kier alpha value is -2.52. The van der Waals surface area contributed by atoms with Crippen molar-refractivity contribution in [2.75, 3.05) is 19.4 Å². The number of sulfonamides is 1. The summed E-state index contributed by atoms with van der Waals surface area (Å²) in [4.78, 5) is 10.4. The lowest BCUT2D eigenvalue weighted by atomic mass is 10.2. The first-order valence-electron chi connectivity index (χ1n) is 6.91. The second-order valence-corrected chi connectivity index (χ2v) is 7.29. The van der Waals surface area contributed by atoms with Gasteiger partial charge in [0, 0.05) is 20.6 Å². The van der Waals surface area contributed by atoms with Gasteiger partial charge in [0.15, 0.2) is 0 Å². The molecular formula is C15H16FN3O4S. The molecule has 0 heterocycles. The average molecular weight is 353 g/mol. The maximum absolute atomic E-state index is 13.2. The summed E-state index contributed by atoms with van der Waals surface area (Å²) >= 11 is 0. The molecule has 2 rings (SSSR count). The molecule has 1 N–H and O–H groups in total. The lowest BCUT2D eigenvalue weighted by molar-refractivity contribution is -0.384. The fraction of sp³-hybridized carbons (Fsp3) is 0.200. The van der Waals surface area contributed by atoms with Gasteiger partial charge in [-0.25, -0.2) is 17.1 Å². The Morgan fingerprint density at radius 3 is 2.50 bits per heavy atom. The number of nitrogens with one attached hydrogen (secondary N) is 1. The van der Waals surface area contributed by atoms with Crippen LogP contribution in [0.5, 0.6) is 0 Å². The zero-order chi connectivity index (χ0) is 17.9. The lowest BCUT2D eigenvalue weighted by Crippen LogP contribution is -2.23. The Morgan fingerprint density at radius 1 is 1.21 bits per heavy atom. The molecule has 0 fully saturated rings. The Labute approximate surface area is 138 Å². The van der Waals surface area contributed by atoms with Crippen molar-refractivity contribution in [3.63, 3.8) is 0 Å². The Morgan fingerprint density at radius 2 is 1.88 bits per heavy atom. The van der Waals surface area contributed by atoms with Crippen LogP contribution < -0.4 is 5.32 Å². The molecule has 0 aliphatic heterocycles.